The molecule has 35 heavy (non-hydrogen) atoms. The van der Waals surface area contributed by atoms with Gasteiger partial charge in [0, 0.05) is 30.8 Å². The number of imide groups is 1. The van der Waals surface area contributed by atoms with Crippen LogP contribution in [0.4, 0.5) is 5.69 Å². The molecule has 0 unspecified atom stereocenters. The Kier molecular flexibility index (Phi) is 7.61. The minimum Gasteiger partial charge on any atom is -0.350 e. The number of thiazole rings is 1. The number of rotatable bonds is 11. The zero-order chi connectivity index (χ0) is 24.8. The normalized spacial score (nSPS) is 12.6. The highest BCUT2D eigenvalue weighted by Gasteiger charge is 2.40. The average molecular weight is 493 g/mol. The van der Waals surface area contributed by atoms with Crippen molar-refractivity contribution in [3.05, 3.63) is 91.4 Å². The number of benzene rings is 2. The highest BCUT2D eigenvalue weighted by atomic mass is 32.1. The van der Waals surface area contributed by atoms with Crippen molar-refractivity contribution in [1.29, 1.82) is 0 Å². The van der Waals surface area contributed by atoms with E-state index in [4.69, 9.17) is 0 Å². The second-order valence-electron chi connectivity index (χ2n) is 8.20. The van der Waals surface area contributed by atoms with E-state index in [1.54, 1.807) is 11.3 Å². The summed E-state index contributed by atoms with van der Waals surface area (Å²) in [5.41, 5.74) is 1.59. The van der Waals surface area contributed by atoms with Gasteiger partial charge in [-0.1, -0.05) is 42.8 Å². The number of nitrogens with one attached hydrogen (secondary N) is 1. The number of carbonyl (C=O) groups excluding carboxylic acids is 3. The van der Waals surface area contributed by atoms with Crippen LogP contribution in [0.5, 0.6) is 0 Å². The number of aromatic nitrogens is 1. The minimum atomic E-state index is -0.651. The molecular weight excluding hydrogens is 468 g/mol. The Labute approximate surface area is 205 Å². The molecule has 180 valence electrons. The minimum absolute atomic E-state index is 0.0672. The first kappa shape index (κ1) is 24.2. The summed E-state index contributed by atoms with van der Waals surface area (Å²) in [4.78, 5) is 53.4. The Bertz CT molecular complexity index is 1260. The Morgan fingerprint density at radius 2 is 1.83 bits per heavy atom. The second kappa shape index (κ2) is 11.0. The van der Waals surface area contributed by atoms with Crippen molar-refractivity contribution in [2.75, 3.05) is 6.54 Å². The molecular formula is C25H24N4O5S. The Hall–Kier alpha value is -3.92. The summed E-state index contributed by atoms with van der Waals surface area (Å²) in [5, 5.41) is 17.0. The van der Waals surface area contributed by atoms with E-state index in [0.29, 0.717) is 32.2 Å². The lowest BCUT2D eigenvalue weighted by Gasteiger charge is -2.13. The first-order chi connectivity index (χ1) is 16.9. The lowest BCUT2D eigenvalue weighted by molar-refractivity contribution is -0.385. The first-order valence-electron chi connectivity index (χ1n) is 11.3. The summed E-state index contributed by atoms with van der Waals surface area (Å²) in [5.74, 6) is -1.23. The molecule has 1 aromatic heterocycles. The van der Waals surface area contributed by atoms with Crippen molar-refractivity contribution in [3.8, 4) is 0 Å². The van der Waals surface area contributed by atoms with Crippen LogP contribution in [-0.2, 0) is 17.8 Å². The fourth-order valence-corrected chi connectivity index (χ4v) is 4.79. The van der Waals surface area contributed by atoms with Crippen molar-refractivity contribution in [2.45, 2.75) is 38.6 Å². The quantitative estimate of drug-likeness (QED) is 0.186. The third-order valence-corrected chi connectivity index (χ3v) is 6.62. The Morgan fingerprint density at radius 3 is 2.60 bits per heavy atom. The fraction of sp³-hybridized carbons (Fsp3) is 0.280. The molecule has 1 aliphatic rings. The number of hydrogen-bond donors (Lipinski definition) is 1. The van der Waals surface area contributed by atoms with Crippen LogP contribution in [0.1, 0.15) is 62.7 Å². The molecule has 0 bridgehead atoms. The van der Waals surface area contributed by atoms with Gasteiger partial charge < -0.3 is 5.32 Å². The molecule has 0 radical (unpaired) electrons. The molecule has 1 N–H and O–H groups in total. The van der Waals surface area contributed by atoms with Crippen LogP contribution in [0.3, 0.4) is 0 Å². The summed E-state index contributed by atoms with van der Waals surface area (Å²) in [7, 11) is 0. The van der Waals surface area contributed by atoms with Gasteiger partial charge in [-0.05, 0) is 24.5 Å². The molecule has 3 amide bonds. The number of unbranched alkanes of at least 4 members (excludes halogenated alkanes) is 2. The molecule has 10 heteroatoms. The van der Waals surface area contributed by atoms with Crippen LogP contribution in [0.2, 0.25) is 0 Å². The molecule has 2 heterocycles. The molecule has 9 nitrogen and oxygen atoms in total. The maximum absolute atomic E-state index is 12.6. The van der Waals surface area contributed by atoms with Gasteiger partial charge in [0.05, 0.1) is 27.7 Å². The van der Waals surface area contributed by atoms with Gasteiger partial charge in [0.1, 0.15) is 5.56 Å². The standard InChI is InChI=1S/C25H24N4O5S/c30-21(26-15-18-16-35-22(27-18)14-17-8-3-1-4-9-17)12-5-2-6-13-28-24(31)19-10-7-11-20(29(33)34)23(19)25(28)32/h1,3-4,7-11,16H,2,5-6,12-15H2,(H,26,30). The SMILES string of the molecule is O=C(CCCCCN1C(=O)c2cccc([N+](=O)[O-])c2C1=O)NCc1csc(Cc2ccccc2)n1. The number of nitro groups is 1. The van der Waals surface area contributed by atoms with E-state index in [-0.39, 0.29) is 29.3 Å². The van der Waals surface area contributed by atoms with Gasteiger partial charge in [0.2, 0.25) is 5.91 Å². The zero-order valence-electron chi connectivity index (χ0n) is 18.9. The van der Waals surface area contributed by atoms with Crippen molar-refractivity contribution < 1.29 is 19.3 Å². The predicted octanol–water partition coefficient (Wildman–Crippen LogP) is 4.11. The lowest BCUT2D eigenvalue weighted by atomic mass is 10.1. The monoisotopic (exact) mass is 492 g/mol. The molecule has 2 aromatic carbocycles. The van der Waals surface area contributed by atoms with Gasteiger partial charge in [-0.25, -0.2) is 4.98 Å². The summed E-state index contributed by atoms with van der Waals surface area (Å²) in [6, 6.07) is 14.1. The van der Waals surface area contributed by atoms with Crippen LogP contribution in [-0.4, -0.2) is 39.1 Å². The number of hydrogen-bond acceptors (Lipinski definition) is 7. The highest BCUT2D eigenvalue weighted by Crippen LogP contribution is 2.30. The molecule has 4 rings (SSSR count). The maximum Gasteiger partial charge on any atom is 0.282 e. The van der Waals surface area contributed by atoms with E-state index in [1.807, 2.05) is 23.6 Å². The van der Waals surface area contributed by atoms with E-state index in [9.17, 15) is 24.5 Å². The van der Waals surface area contributed by atoms with Gasteiger partial charge in [-0.3, -0.25) is 29.4 Å². The highest BCUT2D eigenvalue weighted by molar-refractivity contribution is 7.09. The third kappa shape index (κ3) is 5.78. The Morgan fingerprint density at radius 1 is 1.03 bits per heavy atom. The molecule has 3 aromatic rings. The van der Waals surface area contributed by atoms with E-state index in [0.717, 1.165) is 22.0 Å². The van der Waals surface area contributed by atoms with E-state index in [1.165, 1.54) is 23.8 Å². The largest absolute Gasteiger partial charge is 0.350 e. The number of fused-ring (bicyclic) bond motifs is 1. The summed E-state index contributed by atoms with van der Waals surface area (Å²) in [6.07, 6.45) is 2.85. The Balaban J connectivity index is 1.16. The summed E-state index contributed by atoms with van der Waals surface area (Å²) >= 11 is 1.57. The molecule has 0 atom stereocenters. The topological polar surface area (TPSA) is 123 Å². The van der Waals surface area contributed by atoms with E-state index < -0.39 is 16.7 Å². The van der Waals surface area contributed by atoms with Crippen LogP contribution in [0, 0.1) is 10.1 Å². The molecule has 1 aliphatic heterocycles. The molecule has 0 spiro atoms. The smallest absolute Gasteiger partial charge is 0.282 e. The van der Waals surface area contributed by atoms with Gasteiger partial charge in [0.15, 0.2) is 0 Å². The van der Waals surface area contributed by atoms with Crippen LogP contribution < -0.4 is 5.32 Å². The van der Waals surface area contributed by atoms with Crippen molar-refractivity contribution in [2.24, 2.45) is 0 Å². The van der Waals surface area contributed by atoms with Crippen molar-refractivity contribution in [3.63, 3.8) is 0 Å². The average Bonchev–Trinajstić information content (AvgIpc) is 3.40. The van der Waals surface area contributed by atoms with Crippen molar-refractivity contribution in [1.82, 2.24) is 15.2 Å². The van der Waals surface area contributed by atoms with Gasteiger partial charge in [-0.15, -0.1) is 11.3 Å². The van der Waals surface area contributed by atoms with Gasteiger partial charge >= 0.3 is 0 Å². The molecule has 0 saturated heterocycles. The van der Waals surface area contributed by atoms with E-state index >= 15 is 0 Å². The first-order valence-corrected chi connectivity index (χ1v) is 12.2. The van der Waals surface area contributed by atoms with Gasteiger partial charge in [0.25, 0.3) is 17.5 Å². The van der Waals surface area contributed by atoms with Crippen LogP contribution >= 0.6 is 11.3 Å². The van der Waals surface area contributed by atoms with Crippen molar-refractivity contribution >= 4 is 34.7 Å². The zero-order valence-corrected chi connectivity index (χ0v) is 19.8. The molecule has 0 aliphatic carbocycles. The predicted molar refractivity (Wildman–Crippen MR) is 130 cm³/mol. The summed E-state index contributed by atoms with van der Waals surface area (Å²) in [6.45, 7) is 0.534. The number of nitrogens with zero attached hydrogens (tertiary/aromatic N) is 3. The maximum atomic E-state index is 12.6. The third-order valence-electron chi connectivity index (χ3n) is 5.72. The van der Waals surface area contributed by atoms with Crippen LogP contribution in [0.15, 0.2) is 53.9 Å². The van der Waals surface area contributed by atoms with E-state index in [2.05, 4.69) is 22.4 Å². The number of amides is 3. The van der Waals surface area contributed by atoms with Crippen LogP contribution in [0.25, 0.3) is 0 Å². The number of nitro benzene ring substituents is 1. The number of carbonyl (C=O) groups is 3. The fourth-order valence-electron chi connectivity index (χ4n) is 3.96. The molecule has 0 saturated carbocycles. The summed E-state index contributed by atoms with van der Waals surface area (Å²) < 4.78 is 0. The van der Waals surface area contributed by atoms with Gasteiger partial charge in [-0.2, -0.15) is 0 Å². The second-order valence-corrected chi connectivity index (χ2v) is 9.14. The molecule has 0 fully saturated rings. The lowest BCUT2D eigenvalue weighted by Crippen LogP contribution is -2.30.